The third-order valence-corrected chi connectivity index (χ3v) is 4.13. The van der Waals surface area contributed by atoms with E-state index in [4.69, 9.17) is 0 Å². The van der Waals surface area contributed by atoms with Crippen LogP contribution in [0, 0.1) is 5.92 Å². The van der Waals surface area contributed by atoms with Gasteiger partial charge in [-0.25, -0.2) is 0 Å². The molecule has 1 amide bonds. The van der Waals surface area contributed by atoms with E-state index in [1.807, 2.05) is 11.9 Å². The summed E-state index contributed by atoms with van der Waals surface area (Å²) in [6, 6.07) is 0.441. The molecule has 0 aromatic carbocycles. The van der Waals surface area contributed by atoms with Crippen molar-refractivity contribution in [2.24, 2.45) is 5.92 Å². The van der Waals surface area contributed by atoms with E-state index in [2.05, 4.69) is 5.32 Å². The van der Waals surface area contributed by atoms with Gasteiger partial charge in [0.1, 0.15) is 0 Å². The highest BCUT2D eigenvalue weighted by Gasteiger charge is 2.28. The molecule has 3 nitrogen and oxygen atoms in total. The zero-order valence-electron chi connectivity index (χ0n) is 10.4. The standard InChI is InChI=1S/C13H24N2O/c1-15(12-8-9-14-10-12)13(16)11-6-4-2-3-5-7-11/h11-12,14H,2-10H2,1H3. The predicted octanol–water partition coefficient (Wildman–Crippen LogP) is 1.78. The minimum absolute atomic E-state index is 0.313. The molecule has 1 N–H and O–H groups in total. The first-order valence-electron chi connectivity index (χ1n) is 6.76. The van der Waals surface area contributed by atoms with Gasteiger partial charge in [0.15, 0.2) is 0 Å². The number of nitrogens with one attached hydrogen (secondary N) is 1. The smallest absolute Gasteiger partial charge is 0.225 e. The van der Waals surface area contributed by atoms with Crippen LogP contribution in [-0.4, -0.2) is 37.0 Å². The summed E-state index contributed by atoms with van der Waals surface area (Å²) in [5.74, 6) is 0.712. The minimum atomic E-state index is 0.313. The van der Waals surface area contributed by atoms with Crippen molar-refractivity contribution < 1.29 is 4.79 Å². The Balaban J connectivity index is 1.88. The van der Waals surface area contributed by atoms with Crippen LogP contribution in [0.4, 0.5) is 0 Å². The van der Waals surface area contributed by atoms with Crippen LogP contribution in [0.5, 0.6) is 0 Å². The zero-order valence-corrected chi connectivity index (χ0v) is 10.4. The summed E-state index contributed by atoms with van der Waals surface area (Å²) in [7, 11) is 1.99. The monoisotopic (exact) mass is 224 g/mol. The number of nitrogens with zero attached hydrogens (tertiary/aromatic N) is 1. The van der Waals surface area contributed by atoms with Crippen molar-refractivity contribution in [2.45, 2.75) is 51.0 Å². The van der Waals surface area contributed by atoms with Gasteiger partial charge in [0.05, 0.1) is 0 Å². The van der Waals surface area contributed by atoms with Crippen LogP contribution in [0.15, 0.2) is 0 Å². The maximum atomic E-state index is 12.3. The number of carbonyl (C=O) groups excluding carboxylic acids is 1. The second kappa shape index (κ2) is 5.67. The highest BCUT2D eigenvalue weighted by molar-refractivity contribution is 5.79. The fraction of sp³-hybridized carbons (Fsp3) is 0.923. The van der Waals surface area contributed by atoms with Gasteiger partial charge in [0, 0.05) is 25.6 Å². The molecule has 0 aromatic rings. The van der Waals surface area contributed by atoms with E-state index < -0.39 is 0 Å². The Morgan fingerprint density at radius 3 is 2.38 bits per heavy atom. The molecule has 16 heavy (non-hydrogen) atoms. The normalized spacial score (nSPS) is 27.7. The SMILES string of the molecule is CN(C(=O)C1CCCCCC1)C1CCNC1. The number of rotatable bonds is 2. The molecule has 2 rings (SSSR count). The van der Waals surface area contributed by atoms with Crippen LogP contribution >= 0.6 is 0 Å². The van der Waals surface area contributed by atoms with Crippen molar-refractivity contribution in [1.29, 1.82) is 0 Å². The van der Waals surface area contributed by atoms with E-state index in [-0.39, 0.29) is 0 Å². The molecule has 1 saturated heterocycles. The molecule has 1 heterocycles. The molecule has 1 aliphatic heterocycles. The second-order valence-electron chi connectivity index (χ2n) is 5.28. The van der Waals surface area contributed by atoms with E-state index in [1.54, 1.807) is 0 Å². The highest BCUT2D eigenvalue weighted by Crippen LogP contribution is 2.25. The predicted molar refractivity (Wildman–Crippen MR) is 65.2 cm³/mol. The quantitative estimate of drug-likeness (QED) is 0.725. The Morgan fingerprint density at radius 1 is 1.12 bits per heavy atom. The van der Waals surface area contributed by atoms with Gasteiger partial charge in [-0.1, -0.05) is 25.7 Å². The van der Waals surface area contributed by atoms with Crippen LogP contribution in [0.2, 0.25) is 0 Å². The molecule has 92 valence electrons. The maximum Gasteiger partial charge on any atom is 0.225 e. The van der Waals surface area contributed by atoms with Gasteiger partial charge in [-0.05, 0) is 25.8 Å². The summed E-state index contributed by atoms with van der Waals surface area (Å²) in [5, 5.41) is 3.33. The Kier molecular flexibility index (Phi) is 4.22. The lowest BCUT2D eigenvalue weighted by atomic mass is 9.98. The molecule has 3 heteroatoms. The summed E-state index contributed by atoms with van der Waals surface area (Å²) < 4.78 is 0. The third-order valence-electron chi connectivity index (χ3n) is 4.13. The van der Waals surface area contributed by atoms with E-state index >= 15 is 0 Å². The van der Waals surface area contributed by atoms with Crippen molar-refractivity contribution in [1.82, 2.24) is 10.2 Å². The second-order valence-corrected chi connectivity index (χ2v) is 5.28. The average molecular weight is 224 g/mol. The number of hydrogen-bond acceptors (Lipinski definition) is 2. The lowest BCUT2D eigenvalue weighted by Gasteiger charge is -2.27. The van der Waals surface area contributed by atoms with E-state index in [0.29, 0.717) is 17.9 Å². The van der Waals surface area contributed by atoms with Crippen molar-refractivity contribution in [2.75, 3.05) is 20.1 Å². The van der Waals surface area contributed by atoms with Gasteiger partial charge in [-0.15, -0.1) is 0 Å². The molecule has 1 atom stereocenters. The summed E-state index contributed by atoms with van der Waals surface area (Å²) in [5.41, 5.74) is 0. The number of amides is 1. The Bertz CT molecular complexity index is 224. The fourth-order valence-electron chi connectivity index (χ4n) is 2.96. The van der Waals surface area contributed by atoms with Crippen molar-refractivity contribution >= 4 is 5.91 Å². The van der Waals surface area contributed by atoms with Gasteiger partial charge >= 0.3 is 0 Å². The lowest BCUT2D eigenvalue weighted by molar-refractivity contribution is -0.136. The molecule has 0 spiro atoms. The first-order chi connectivity index (χ1) is 7.79. The number of carbonyl (C=O) groups is 1. The number of likely N-dealkylation sites (N-methyl/N-ethyl adjacent to an activating group) is 1. The molecule has 0 radical (unpaired) electrons. The maximum absolute atomic E-state index is 12.3. The molecular weight excluding hydrogens is 200 g/mol. The molecule has 2 fully saturated rings. The third kappa shape index (κ3) is 2.76. The first kappa shape index (κ1) is 11.9. The molecule has 1 aliphatic carbocycles. The molecule has 1 unspecified atom stereocenters. The summed E-state index contributed by atoms with van der Waals surface area (Å²) in [6.07, 6.45) is 8.47. The van der Waals surface area contributed by atoms with Crippen molar-refractivity contribution in [3.63, 3.8) is 0 Å². The van der Waals surface area contributed by atoms with Crippen LogP contribution in [0.25, 0.3) is 0 Å². The van der Waals surface area contributed by atoms with Gasteiger partial charge in [-0.2, -0.15) is 0 Å². The van der Waals surface area contributed by atoms with E-state index in [0.717, 1.165) is 32.4 Å². The highest BCUT2D eigenvalue weighted by atomic mass is 16.2. The van der Waals surface area contributed by atoms with Gasteiger partial charge in [0.25, 0.3) is 0 Å². The van der Waals surface area contributed by atoms with Crippen molar-refractivity contribution in [3.8, 4) is 0 Å². The zero-order chi connectivity index (χ0) is 11.4. The van der Waals surface area contributed by atoms with E-state index in [9.17, 15) is 4.79 Å². The summed E-state index contributed by atoms with van der Waals surface area (Å²) >= 11 is 0. The van der Waals surface area contributed by atoms with Gasteiger partial charge < -0.3 is 10.2 Å². The summed E-state index contributed by atoms with van der Waals surface area (Å²) in [6.45, 7) is 2.04. The summed E-state index contributed by atoms with van der Waals surface area (Å²) in [4.78, 5) is 14.3. The first-order valence-corrected chi connectivity index (χ1v) is 6.76. The Hall–Kier alpha value is -0.570. The Labute approximate surface area is 98.6 Å². The average Bonchev–Trinajstić information content (AvgIpc) is 2.70. The lowest BCUT2D eigenvalue weighted by Crippen LogP contribution is -2.41. The van der Waals surface area contributed by atoms with Crippen LogP contribution < -0.4 is 5.32 Å². The molecule has 0 aromatic heterocycles. The van der Waals surface area contributed by atoms with Gasteiger partial charge in [-0.3, -0.25) is 4.79 Å². The van der Waals surface area contributed by atoms with Crippen LogP contribution in [0.3, 0.4) is 0 Å². The largest absolute Gasteiger partial charge is 0.341 e. The van der Waals surface area contributed by atoms with E-state index in [1.165, 1.54) is 25.7 Å². The van der Waals surface area contributed by atoms with Crippen molar-refractivity contribution in [3.05, 3.63) is 0 Å². The van der Waals surface area contributed by atoms with Gasteiger partial charge in [0.2, 0.25) is 5.91 Å². The Morgan fingerprint density at radius 2 is 1.81 bits per heavy atom. The number of hydrogen-bond donors (Lipinski definition) is 1. The molecule has 2 aliphatic rings. The molecular formula is C13H24N2O. The molecule has 1 saturated carbocycles. The topological polar surface area (TPSA) is 32.3 Å². The fourth-order valence-corrected chi connectivity index (χ4v) is 2.96. The van der Waals surface area contributed by atoms with Crippen LogP contribution in [-0.2, 0) is 4.79 Å². The van der Waals surface area contributed by atoms with Crippen LogP contribution in [0.1, 0.15) is 44.9 Å². The minimum Gasteiger partial charge on any atom is -0.341 e. The molecule has 0 bridgehead atoms.